The third-order valence-electron chi connectivity index (χ3n) is 3.99. The average Bonchev–Trinajstić information content (AvgIpc) is 3.21. The molecule has 0 amide bonds. The molecule has 0 saturated heterocycles. The zero-order valence-electron chi connectivity index (χ0n) is 13.5. The van der Waals surface area contributed by atoms with Gasteiger partial charge in [-0.25, -0.2) is 4.39 Å². The molecule has 4 rings (SSSR count). The third-order valence-corrected chi connectivity index (χ3v) is 4.90. The van der Waals surface area contributed by atoms with Crippen LogP contribution in [0.25, 0.3) is 26.9 Å². The standard InChI is InChI=1S/C16H15FN6S/c1-4-22-10(3)13(9(2)20-22)15-21-23-14(18-19-16(23)24-15)11-5-7-12(17)8-6-11/h5-8H,4H2,1-3H3. The van der Waals surface area contributed by atoms with Crippen LogP contribution in [0.2, 0.25) is 0 Å². The van der Waals surface area contributed by atoms with E-state index in [1.165, 1.54) is 23.5 Å². The summed E-state index contributed by atoms with van der Waals surface area (Å²) in [7, 11) is 0. The van der Waals surface area contributed by atoms with Gasteiger partial charge < -0.3 is 0 Å². The number of benzene rings is 1. The second kappa shape index (κ2) is 5.48. The molecule has 0 unspecified atom stereocenters. The number of hydrogen-bond acceptors (Lipinski definition) is 5. The summed E-state index contributed by atoms with van der Waals surface area (Å²) in [6, 6.07) is 6.17. The highest BCUT2D eigenvalue weighted by atomic mass is 32.1. The van der Waals surface area contributed by atoms with E-state index in [9.17, 15) is 4.39 Å². The van der Waals surface area contributed by atoms with E-state index in [4.69, 9.17) is 0 Å². The number of rotatable bonds is 3. The molecule has 0 saturated carbocycles. The van der Waals surface area contributed by atoms with Crippen molar-refractivity contribution in [2.24, 2.45) is 0 Å². The predicted octanol–water partition coefficient (Wildman–Crippen LogP) is 3.49. The van der Waals surface area contributed by atoms with Crippen molar-refractivity contribution in [3.05, 3.63) is 41.5 Å². The van der Waals surface area contributed by atoms with Gasteiger partial charge in [-0.3, -0.25) is 4.68 Å². The summed E-state index contributed by atoms with van der Waals surface area (Å²) < 4.78 is 16.8. The van der Waals surface area contributed by atoms with Gasteiger partial charge in [0.2, 0.25) is 4.96 Å². The van der Waals surface area contributed by atoms with E-state index < -0.39 is 0 Å². The first kappa shape index (κ1) is 14.9. The van der Waals surface area contributed by atoms with Gasteiger partial charge >= 0.3 is 0 Å². The molecule has 0 atom stereocenters. The zero-order valence-corrected chi connectivity index (χ0v) is 14.3. The SMILES string of the molecule is CCn1nc(C)c(-c2nn3c(-c4ccc(F)cc4)nnc3s2)c1C. The number of halogens is 1. The topological polar surface area (TPSA) is 60.9 Å². The normalized spacial score (nSPS) is 11.5. The maximum atomic E-state index is 13.1. The minimum Gasteiger partial charge on any atom is -0.269 e. The van der Waals surface area contributed by atoms with E-state index in [1.54, 1.807) is 16.6 Å². The minimum absolute atomic E-state index is 0.281. The van der Waals surface area contributed by atoms with Crippen molar-refractivity contribution in [3.63, 3.8) is 0 Å². The molecule has 0 aliphatic rings. The molecule has 0 radical (unpaired) electrons. The molecule has 6 nitrogen and oxygen atoms in total. The quantitative estimate of drug-likeness (QED) is 0.572. The molecule has 0 N–H and O–H groups in total. The zero-order chi connectivity index (χ0) is 16.8. The van der Waals surface area contributed by atoms with Crippen molar-refractivity contribution < 1.29 is 4.39 Å². The maximum Gasteiger partial charge on any atom is 0.235 e. The smallest absolute Gasteiger partial charge is 0.235 e. The maximum absolute atomic E-state index is 13.1. The van der Waals surface area contributed by atoms with Gasteiger partial charge in [-0.2, -0.15) is 14.7 Å². The highest BCUT2D eigenvalue weighted by Crippen LogP contribution is 2.32. The van der Waals surface area contributed by atoms with Crippen LogP contribution < -0.4 is 0 Å². The molecule has 3 heterocycles. The van der Waals surface area contributed by atoms with Crippen LogP contribution in [0.3, 0.4) is 0 Å². The molecule has 4 aromatic rings. The Balaban J connectivity index is 1.86. The predicted molar refractivity (Wildman–Crippen MR) is 90.4 cm³/mol. The van der Waals surface area contributed by atoms with E-state index in [1.807, 2.05) is 18.5 Å². The summed E-state index contributed by atoms with van der Waals surface area (Å²) in [5.41, 5.74) is 3.85. The Kier molecular flexibility index (Phi) is 3.42. The van der Waals surface area contributed by atoms with Gasteiger partial charge in [0.15, 0.2) is 10.8 Å². The summed E-state index contributed by atoms with van der Waals surface area (Å²) in [6.07, 6.45) is 0. The summed E-state index contributed by atoms with van der Waals surface area (Å²) in [5.74, 6) is 0.322. The Morgan fingerprint density at radius 1 is 1.08 bits per heavy atom. The highest BCUT2D eigenvalue weighted by molar-refractivity contribution is 7.19. The van der Waals surface area contributed by atoms with E-state index >= 15 is 0 Å². The lowest BCUT2D eigenvalue weighted by molar-refractivity contribution is 0.628. The van der Waals surface area contributed by atoms with Crippen LogP contribution in [0.15, 0.2) is 24.3 Å². The van der Waals surface area contributed by atoms with Gasteiger partial charge in [-0.1, -0.05) is 11.3 Å². The number of fused-ring (bicyclic) bond motifs is 1. The molecule has 0 aliphatic carbocycles. The first-order chi connectivity index (χ1) is 11.6. The van der Waals surface area contributed by atoms with Crippen LogP contribution in [0.5, 0.6) is 0 Å². The fraction of sp³-hybridized carbons (Fsp3) is 0.250. The number of nitrogens with zero attached hydrogens (tertiary/aromatic N) is 6. The second-order valence-corrected chi connectivity index (χ2v) is 6.45. The molecule has 122 valence electrons. The van der Waals surface area contributed by atoms with Gasteiger partial charge in [0.25, 0.3) is 0 Å². The molecular weight excluding hydrogens is 327 g/mol. The van der Waals surface area contributed by atoms with Gasteiger partial charge in [-0.15, -0.1) is 10.2 Å². The molecule has 24 heavy (non-hydrogen) atoms. The second-order valence-electron chi connectivity index (χ2n) is 5.49. The third kappa shape index (κ3) is 2.22. The molecule has 1 aromatic carbocycles. The number of aromatic nitrogens is 6. The molecule has 8 heteroatoms. The molecule has 3 aromatic heterocycles. The Morgan fingerprint density at radius 3 is 2.50 bits per heavy atom. The van der Waals surface area contributed by atoms with Crippen molar-refractivity contribution in [2.45, 2.75) is 27.3 Å². The largest absolute Gasteiger partial charge is 0.269 e. The molecule has 0 bridgehead atoms. The van der Waals surface area contributed by atoms with Crippen LogP contribution in [0, 0.1) is 19.7 Å². The Morgan fingerprint density at radius 2 is 1.83 bits per heavy atom. The average molecular weight is 342 g/mol. The van der Waals surface area contributed by atoms with Crippen molar-refractivity contribution >= 4 is 16.3 Å². The molecular formula is C16H15FN6S. The molecule has 0 spiro atoms. The number of aryl methyl sites for hydroxylation is 2. The van der Waals surface area contributed by atoms with Crippen molar-refractivity contribution in [3.8, 4) is 22.0 Å². The summed E-state index contributed by atoms with van der Waals surface area (Å²) >= 11 is 1.47. The molecule has 0 fully saturated rings. The number of hydrogen-bond donors (Lipinski definition) is 0. The lowest BCUT2D eigenvalue weighted by Crippen LogP contribution is -1.98. The Labute approximate surface area is 141 Å². The fourth-order valence-corrected chi connectivity index (χ4v) is 3.80. The lowest BCUT2D eigenvalue weighted by atomic mass is 10.2. The van der Waals surface area contributed by atoms with Crippen LogP contribution in [0.1, 0.15) is 18.3 Å². The van der Waals surface area contributed by atoms with E-state index in [-0.39, 0.29) is 5.82 Å². The summed E-state index contributed by atoms with van der Waals surface area (Å²) in [5, 5.41) is 18.5. The van der Waals surface area contributed by atoms with Gasteiger partial charge in [-0.05, 0) is 45.0 Å². The summed E-state index contributed by atoms with van der Waals surface area (Å²) in [4.78, 5) is 0.701. The van der Waals surface area contributed by atoms with Crippen LogP contribution in [0.4, 0.5) is 4.39 Å². The van der Waals surface area contributed by atoms with Crippen LogP contribution in [-0.4, -0.2) is 29.6 Å². The van der Waals surface area contributed by atoms with Crippen molar-refractivity contribution in [2.75, 3.05) is 0 Å². The van der Waals surface area contributed by atoms with Gasteiger partial charge in [0.05, 0.1) is 11.3 Å². The van der Waals surface area contributed by atoms with E-state index in [2.05, 4.69) is 27.3 Å². The first-order valence-corrected chi connectivity index (χ1v) is 8.42. The monoisotopic (exact) mass is 342 g/mol. The fourth-order valence-electron chi connectivity index (χ4n) is 2.81. The minimum atomic E-state index is -0.281. The Bertz CT molecular complexity index is 1030. The van der Waals surface area contributed by atoms with E-state index in [0.717, 1.165) is 34.1 Å². The Hall–Kier alpha value is -2.61. The highest BCUT2D eigenvalue weighted by Gasteiger charge is 2.19. The van der Waals surface area contributed by atoms with Gasteiger partial charge in [0, 0.05) is 17.8 Å². The van der Waals surface area contributed by atoms with E-state index in [0.29, 0.717) is 10.8 Å². The van der Waals surface area contributed by atoms with Crippen LogP contribution in [-0.2, 0) is 6.54 Å². The van der Waals surface area contributed by atoms with Crippen LogP contribution >= 0.6 is 11.3 Å². The molecule has 0 aliphatic heterocycles. The van der Waals surface area contributed by atoms with Crippen molar-refractivity contribution in [1.82, 2.24) is 29.6 Å². The lowest BCUT2D eigenvalue weighted by Gasteiger charge is -1.99. The van der Waals surface area contributed by atoms with Crippen molar-refractivity contribution in [1.29, 1.82) is 0 Å². The first-order valence-electron chi connectivity index (χ1n) is 7.61. The summed E-state index contributed by atoms with van der Waals surface area (Å²) in [6.45, 7) is 6.91. The van der Waals surface area contributed by atoms with Gasteiger partial charge in [0.1, 0.15) is 5.82 Å².